The predicted octanol–water partition coefficient (Wildman–Crippen LogP) is 1.99. The Bertz CT molecular complexity index is 438. The van der Waals surface area contributed by atoms with Crippen LogP contribution in [0.5, 0.6) is 0 Å². The van der Waals surface area contributed by atoms with Crippen molar-refractivity contribution in [2.75, 3.05) is 27.2 Å². The van der Waals surface area contributed by atoms with Gasteiger partial charge in [-0.05, 0) is 32.1 Å². The van der Waals surface area contributed by atoms with Gasteiger partial charge >= 0.3 is 0 Å². The van der Waals surface area contributed by atoms with Gasteiger partial charge in [-0.3, -0.25) is 0 Å². The molecule has 0 aliphatic carbocycles. The Morgan fingerprint density at radius 1 is 1.25 bits per heavy atom. The third-order valence-electron chi connectivity index (χ3n) is 2.77. The van der Waals surface area contributed by atoms with Gasteiger partial charge in [0.2, 0.25) is 0 Å². The first-order valence-electron chi connectivity index (χ1n) is 7.02. The molecule has 0 unspecified atom stereocenters. The molecule has 0 atom stereocenters. The van der Waals surface area contributed by atoms with Crippen LogP contribution in [-0.4, -0.2) is 38.0 Å². The largest absolute Gasteiger partial charge is 0.357 e. The molecule has 4 nitrogen and oxygen atoms in total. The Morgan fingerprint density at radius 2 is 1.95 bits per heavy atom. The Morgan fingerprint density at radius 3 is 2.55 bits per heavy atom. The summed E-state index contributed by atoms with van der Waals surface area (Å²) in [4.78, 5) is 6.79. The van der Waals surface area contributed by atoms with Crippen molar-refractivity contribution in [3.05, 3.63) is 48.0 Å². The van der Waals surface area contributed by atoms with Gasteiger partial charge in [-0.25, -0.2) is 4.99 Å². The summed E-state index contributed by atoms with van der Waals surface area (Å²) in [6.45, 7) is 8.94. The van der Waals surface area contributed by atoms with Crippen LogP contribution in [0.15, 0.2) is 41.9 Å². The van der Waals surface area contributed by atoms with Crippen molar-refractivity contribution in [2.24, 2.45) is 4.99 Å². The molecule has 0 aliphatic heterocycles. The number of rotatable bonds is 7. The summed E-state index contributed by atoms with van der Waals surface area (Å²) in [7, 11) is 4.16. The molecule has 0 aliphatic rings. The van der Waals surface area contributed by atoms with Crippen LogP contribution in [-0.2, 0) is 13.1 Å². The molecule has 0 aromatic heterocycles. The maximum absolute atomic E-state index is 4.62. The summed E-state index contributed by atoms with van der Waals surface area (Å²) >= 11 is 0. The summed E-state index contributed by atoms with van der Waals surface area (Å²) in [5.41, 5.74) is 2.58. The second-order valence-electron chi connectivity index (χ2n) is 4.87. The highest BCUT2D eigenvalue weighted by Crippen LogP contribution is 2.11. The molecule has 0 saturated carbocycles. The fourth-order valence-electron chi connectivity index (χ4n) is 1.88. The van der Waals surface area contributed by atoms with Crippen molar-refractivity contribution in [3.63, 3.8) is 0 Å². The van der Waals surface area contributed by atoms with Crippen LogP contribution in [0, 0.1) is 0 Å². The average Bonchev–Trinajstić information content (AvgIpc) is 2.42. The molecule has 1 rings (SSSR count). The molecule has 0 amide bonds. The summed E-state index contributed by atoms with van der Waals surface area (Å²) in [6.07, 6.45) is 1.83. The topological polar surface area (TPSA) is 39.7 Å². The minimum Gasteiger partial charge on any atom is -0.357 e. The molecular formula is C16H26N4. The Labute approximate surface area is 122 Å². The summed E-state index contributed by atoms with van der Waals surface area (Å²) in [6, 6.07) is 8.44. The van der Waals surface area contributed by atoms with Crippen LogP contribution in [0.25, 0.3) is 0 Å². The van der Waals surface area contributed by atoms with Crippen molar-refractivity contribution in [2.45, 2.75) is 20.0 Å². The average molecular weight is 274 g/mol. The fourth-order valence-corrected chi connectivity index (χ4v) is 1.88. The number of nitrogens with one attached hydrogen (secondary N) is 2. The molecule has 0 bridgehead atoms. The van der Waals surface area contributed by atoms with Gasteiger partial charge in [0.15, 0.2) is 5.96 Å². The van der Waals surface area contributed by atoms with Crippen LogP contribution in [0.4, 0.5) is 0 Å². The molecule has 0 heterocycles. The van der Waals surface area contributed by atoms with E-state index in [2.05, 4.69) is 72.4 Å². The van der Waals surface area contributed by atoms with E-state index in [1.807, 2.05) is 6.08 Å². The lowest BCUT2D eigenvalue weighted by Gasteiger charge is -2.14. The van der Waals surface area contributed by atoms with Gasteiger partial charge in [-0.15, -0.1) is 6.58 Å². The molecule has 20 heavy (non-hydrogen) atoms. The Kier molecular flexibility index (Phi) is 7.43. The van der Waals surface area contributed by atoms with Crippen molar-refractivity contribution < 1.29 is 0 Å². The van der Waals surface area contributed by atoms with Crippen LogP contribution in [0.2, 0.25) is 0 Å². The van der Waals surface area contributed by atoms with E-state index in [0.717, 1.165) is 19.0 Å². The normalized spacial score (nSPS) is 11.5. The van der Waals surface area contributed by atoms with Gasteiger partial charge in [0, 0.05) is 19.6 Å². The van der Waals surface area contributed by atoms with E-state index in [0.29, 0.717) is 13.1 Å². The monoisotopic (exact) mass is 274 g/mol. The third-order valence-corrected chi connectivity index (χ3v) is 2.77. The number of hydrogen-bond acceptors (Lipinski definition) is 2. The molecule has 4 heteroatoms. The highest BCUT2D eigenvalue weighted by molar-refractivity contribution is 5.79. The van der Waals surface area contributed by atoms with Gasteiger partial charge in [0.1, 0.15) is 0 Å². The smallest absolute Gasteiger partial charge is 0.191 e. The first-order chi connectivity index (χ1) is 9.67. The minimum atomic E-state index is 0.677. The standard InChI is InChI=1S/C16H26N4/c1-5-11-18-16(17-6-2)19-12-14-9-7-8-10-15(14)13-20(3)4/h5,7-10H,1,6,11-13H2,2-4H3,(H2,17,18,19). The van der Waals surface area contributed by atoms with E-state index in [1.165, 1.54) is 11.1 Å². The quantitative estimate of drug-likeness (QED) is 0.454. The van der Waals surface area contributed by atoms with Gasteiger partial charge < -0.3 is 15.5 Å². The molecule has 110 valence electrons. The number of benzene rings is 1. The minimum absolute atomic E-state index is 0.677. The highest BCUT2D eigenvalue weighted by atomic mass is 15.2. The lowest BCUT2D eigenvalue weighted by atomic mass is 10.1. The number of hydrogen-bond donors (Lipinski definition) is 2. The molecule has 0 radical (unpaired) electrons. The second kappa shape index (κ2) is 9.15. The predicted molar refractivity (Wildman–Crippen MR) is 86.8 cm³/mol. The summed E-state index contributed by atoms with van der Waals surface area (Å²) < 4.78 is 0. The lowest BCUT2D eigenvalue weighted by molar-refractivity contribution is 0.401. The highest BCUT2D eigenvalue weighted by Gasteiger charge is 2.03. The molecule has 0 saturated heterocycles. The maximum atomic E-state index is 4.62. The molecule has 2 N–H and O–H groups in total. The molecule has 0 fully saturated rings. The summed E-state index contributed by atoms with van der Waals surface area (Å²) in [5, 5.41) is 6.44. The molecule has 0 spiro atoms. The van der Waals surface area contributed by atoms with Crippen molar-refractivity contribution in [1.29, 1.82) is 0 Å². The molecular weight excluding hydrogens is 248 g/mol. The van der Waals surface area contributed by atoms with E-state index >= 15 is 0 Å². The zero-order valence-electron chi connectivity index (χ0n) is 12.8. The van der Waals surface area contributed by atoms with Crippen LogP contribution in [0.1, 0.15) is 18.1 Å². The van der Waals surface area contributed by atoms with Gasteiger partial charge in [-0.2, -0.15) is 0 Å². The first-order valence-corrected chi connectivity index (χ1v) is 7.02. The Hall–Kier alpha value is -1.81. The van der Waals surface area contributed by atoms with Gasteiger partial charge in [0.25, 0.3) is 0 Å². The van der Waals surface area contributed by atoms with Gasteiger partial charge in [-0.1, -0.05) is 30.3 Å². The lowest BCUT2D eigenvalue weighted by Crippen LogP contribution is -2.37. The third kappa shape index (κ3) is 5.89. The number of nitrogens with zero attached hydrogens (tertiary/aromatic N) is 2. The fraction of sp³-hybridized carbons (Fsp3) is 0.438. The van der Waals surface area contributed by atoms with E-state index in [-0.39, 0.29) is 0 Å². The Balaban J connectivity index is 2.76. The molecule has 1 aromatic carbocycles. The van der Waals surface area contributed by atoms with Crippen molar-refractivity contribution in [3.8, 4) is 0 Å². The van der Waals surface area contributed by atoms with E-state index < -0.39 is 0 Å². The number of aliphatic imine (C=N–C) groups is 1. The van der Waals surface area contributed by atoms with Crippen molar-refractivity contribution >= 4 is 5.96 Å². The van der Waals surface area contributed by atoms with E-state index in [9.17, 15) is 0 Å². The number of guanidine groups is 1. The molecule has 1 aromatic rings. The zero-order valence-corrected chi connectivity index (χ0v) is 12.8. The SMILES string of the molecule is C=CCNC(=NCc1ccccc1CN(C)C)NCC. The van der Waals surface area contributed by atoms with E-state index in [4.69, 9.17) is 0 Å². The van der Waals surface area contributed by atoms with Gasteiger partial charge in [0.05, 0.1) is 6.54 Å². The maximum Gasteiger partial charge on any atom is 0.191 e. The zero-order chi connectivity index (χ0) is 14.8. The first kappa shape index (κ1) is 16.2. The van der Waals surface area contributed by atoms with Crippen LogP contribution < -0.4 is 10.6 Å². The van der Waals surface area contributed by atoms with Crippen LogP contribution >= 0.6 is 0 Å². The van der Waals surface area contributed by atoms with Crippen LogP contribution in [0.3, 0.4) is 0 Å². The van der Waals surface area contributed by atoms with Crippen molar-refractivity contribution in [1.82, 2.24) is 15.5 Å². The van der Waals surface area contributed by atoms with E-state index in [1.54, 1.807) is 0 Å². The second-order valence-corrected chi connectivity index (χ2v) is 4.87. The summed E-state index contributed by atoms with van der Waals surface area (Å²) in [5.74, 6) is 0.826.